The number of aromatic nitrogens is 3. The molecule has 0 unspecified atom stereocenters. The van der Waals surface area contributed by atoms with Gasteiger partial charge in [-0.25, -0.2) is 0 Å². The van der Waals surface area contributed by atoms with Gasteiger partial charge in [0.1, 0.15) is 5.52 Å². The Bertz CT molecular complexity index is 629. The summed E-state index contributed by atoms with van der Waals surface area (Å²) in [6, 6.07) is 3.67. The van der Waals surface area contributed by atoms with Crippen molar-refractivity contribution in [2.75, 3.05) is 19.7 Å². The van der Waals surface area contributed by atoms with Gasteiger partial charge in [0.25, 0.3) is 5.91 Å². The Labute approximate surface area is 117 Å². The molecule has 2 aromatic rings. The number of nitrogens with zero attached hydrogens (tertiary/aromatic N) is 4. The fraction of sp³-hybridized carbons (Fsp3) is 0.500. The Hall–Kier alpha value is -1.95. The molecule has 6 nitrogen and oxygen atoms in total. The van der Waals surface area contributed by atoms with Crippen molar-refractivity contribution in [3.05, 3.63) is 29.6 Å². The van der Waals surface area contributed by atoms with E-state index in [0.29, 0.717) is 30.3 Å². The van der Waals surface area contributed by atoms with Crippen LogP contribution in [0.25, 0.3) is 5.52 Å². The van der Waals surface area contributed by atoms with E-state index in [2.05, 4.69) is 10.2 Å². The minimum Gasteiger partial charge on any atom is -0.396 e. The van der Waals surface area contributed by atoms with Gasteiger partial charge in [-0.3, -0.25) is 4.79 Å². The molecule has 3 rings (SSSR count). The molecule has 1 N–H and O–H groups in total. The summed E-state index contributed by atoms with van der Waals surface area (Å²) in [5.41, 5.74) is 2.10. The summed E-state index contributed by atoms with van der Waals surface area (Å²) in [5, 5.41) is 17.6. The van der Waals surface area contributed by atoms with E-state index in [1.54, 1.807) is 6.20 Å². The van der Waals surface area contributed by atoms with Crippen LogP contribution < -0.4 is 0 Å². The van der Waals surface area contributed by atoms with Crippen LogP contribution in [-0.2, 0) is 0 Å². The van der Waals surface area contributed by atoms with Gasteiger partial charge in [0, 0.05) is 25.9 Å². The molecule has 3 heterocycles. The maximum Gasteiger partial charge on any atom is 0.258 e. The third kappa shape index (κ3) is 2.16. The van der Waals surface area contributed by atoms with Crippen molar-refractivity contribution >= 4 is 11.4 Å². The lowest BCUT2D eigenvalue weighted by molar-refractivity contribution is 0.0652. The fourth-order valence-corrected chi connectivity index (χ4v) is 2.75. The van der Waals surface area contributed by atoms with Gasteiger partial charge < -0.3 is 10.0 Å². The third-order valence-corrected chi connectivity index (χ3v) is 3.97. The van der Waals surface area contributed by atoms with Gasteiger partial charge in [-0.05, 0) is 37.8 Å². The van der Waals surface area contributed by atoms with Crippen molar-refractivity contribution in [2.24, 2.45) is 5.92 Å². The van der Waals surface area contributed by atoms with E-state index < -0.39 is 0 Å². The van der Waals surface area contributed by atoms with Gasteiger partial charge in [0.05, 0.1) is 11.3 Å². The molecule has 1 amide bonds. The van der Waals surface area contributed by atoms with Crippen LogP contribution in [0.15, 0.2) is 18.3 Å². The highest BCUT2D eigenvalue weighted by Gasteiger charge is 2.26. The first-order valence-corrected chi connectivity index (χ1v) is 6.91. The third-order valence-electron chi connectivity index (χ3n) is 3.97. The van der Waals surface area contributed by atoms with Gasteiger partial charge >= 0.3 is 0 Å². The van der Waals surface area contributed by atoms with E-state index in [1.165, 1.54) is 4.63 Å². The van der Waals surface area contributed by atoms with Crippen molar-refractivity contribution in [2.45, 2.75) is 19.8 Å². The summed E-state index contributed by atoms with van der Waals surface area (Å²) < 4.78 is 1.50. The van der Waals surface area contributed by atoms with Crippen LogP contribution in [-0.4, -0.2) is 50.4 Å². The maximum atomic E-state index is 12.7. The average molecular weight is 274 g/mol. The normalized spacial score (nSPS) is 16.8. The minimum atomic E-state index is 0.0156. The highest BCUT2D eigenvalue weighted by molar-refractivity contribution is 6.01. The quantitative estimate of drug-likeness (QED) is 0.882. The van der Waals surface area contributed by atoms with Crippen LogP contribution in [0.4, 0.5) is 0 Å². The number of carbonyl (C=O) groups is 1. The van der Waals surface area contributed by atoms with E-state index in [0.717, 1.165) is 18.4 Å². The zero-order valence-corrected chi connectivity index (χ0v) is 11.5. The van der Waals surface area contributed by atoms with Crippen LogP contribution in [0, 0.1) is 12.8 Å². The predicted octanol–water partition coefficient (Wildman–Crippen LogP) is 0.882. The second-order valence-electron chi connectivity index (χ2n) is 5.28. The van der Waals surface area contributed by atoms with E-state index >= 15 is 0 Å². The molecule has 1 saturated heterocycles. The number of aryl methyl sites for hydroxylation is 1. The lowest BCUT2D eigenvalue weighted by Gasteiger charge is -2.31. The van der Waals surface area contributed by atoms with Gasteiger partial charge in [0.2, 0.25) is 0 Å². The largest absolute Gasteiger partial charge is 0.396 e. The molecule has 106 valence electrons. The molecular formula is C14H18N4O2. The molecule has 1 aliphatic heterocycles. The number of hydrogen-bond acceptors (Lipinski definition) is 4. The van der Waals surface area contributed by atoms with E-state index in [4.69, 9.17) is 5.11 Å². The molecular weight excluding hydrogens is 256 g/mol. The summed E-state index contributed by atoms with van der Waals surface area (Å²) in [7, 11) is 0. The first-order chi connectivity index (χ1) is 9.70. The van der Waals surface area contributed by atoms with Gasteiger partial charge in [-0.15, -0.1) is 0 Å². The van der Waals surface area contributed by atoms with Crippen molar-refractivity contribution in [1.29, 1.82) is 0 Å². The first-order valence-electron chi connectivity index (χ1n) is 6.91. The van der Waals surface area contributed by atoms with Gasteiger partial charge in [-0.1, -0.05) is 0 Å². The smallest absolute Gasteiger partial charge is 0.258 e. The second-order valence-corrected chi connectivity index (χ2v) is 5.28. The number of piperidine rings is 1. The highest BCUT2D eigenvalue weighted by Crippen LogP contribution is 2.21. The maximum absolute atomic E-state index is 12.7. The molecule has 20 heavy (non-hydrogen) atoms. The molecule has 2 aromatic heterocycles. The van der Waals surface area contributed by atoms with Crippen LogP contribution in [0.2, 0.25) is 0 Å². The number of likely N-dealkylation sites (tertiary alicyclic amines) is 1. The SMILES string of the molecule is Cc1nn2ncccc2c1C(=O)N1CCC(CO)CC1. The van der Waals surface area contributed by atoms with Gasteiger partial charge in [-0.2, -0.15) is 14.8 Å². The standard InChI is InChI=1S/C14H18N4O2/c1-10-13(12-3-2-6-15-18(12)16-10)14(20)17-7-4-11(9-19)5-8-17/h2-3,6,11,19H,4-5,7-9H2,1H3. The Morgan fingerprint density at radius 3 is 2.90 bits per heavy atom. The minimum absolute atomic E-state index is 0.0156. The molecule has 0 saturated carbocycles. The molecule has 0 atom stereocenters. The topological polar surface area (TPSA) is 70.7 Å². The molecule has 6 heteroatoms. The van der Waals surface area contributed by atoms with Crippen molar-refractivity contribution in [3.8, 4) is 0 Å². The van der Waals surface area contributed by atoms with Crippen molar-refractivity contribution in [1.82, 2.24) is 19.7 Å². The zero-order chi connectivity index (χ0) is 14.1. The van der Waals surface area contributed by atoms with Crippen LogP contribution in [0.1, 0.15) is 28.9 Å². The predicted molar refractivity (Wildman–Crippen MR) is 73.4 cm³/mol. The monoisotopic (exact) mass is 274 g/mol. The molecule has 1 aliphatic rings. The molecule has 0 radical (unpaired) electrons. The molecule has 0 spiro atoms. The Morgan fingerprint density at radius 2 is 2.20 bits per heavy atom. The Morgan fingerprint density at radius 1 is 1.45 bits per heavy atom. The molecule has 0 aliphatic carbocycles. The number of rotatable bonds is 2. The number of carbonyl (C=O) groups excluding carboxylic acids is 1. The Kier molecular flexibility index (Phi) is 3.40. The lowest BCUT2D eigenvalue weighted by atomic mass is 9.97. The molecule has 0 aromatic carbocycles. The average Bonchev–Trinajstić information content (AvgIpc) is 2.82. The summed E-state index contributed by atoms with van der Waals surface area (Å²) in [6.45, 7) is 3.44. The summed E-state index contributed by atoms with van der Waals surface area (Å²) in [4.78, 5) is 14.5. The number of hydrogen-bond donors (Lipinski definition) is 1. The van der Waals surface area contributed by atoms with Crippen molar-refractivity contribution < 1.29 is 9.90 Å². The van der Waals surface area contributed by atoms with Gasteiger partial charge in [0.15, 0.2) is 0 Å². The first kappa shape index (κ1) is 13.1. The summed E-state index contributed by atoms with van der Waals surface area (Å²) >= 11 is 0. The lowest BCUT2D eigenvalue weighted by Crippen LogP contribution is -2.39. The summed E-state index contributed by atoms with van der Waals surface area (Å²) in [5.74, 6) is 0.340. The molecule has 1 fully saturated rings. The Balaban J connectivity index is 1.88. The van der Waals surface area contributed by atoms with Crippen LogP contribution in [0.3, 0.4) is 0 Å². The zero-order valence-electron chi connectivity index (χ0n) is 11.5. The number of amides is 1. The van der Waals surface area contributed by atoms with E-state index in [1.807, 2.05) is 24.0 Å². The van der Waals surface area contributed by atoms with Crippen LogP contribution in [0.5, 0.6) is 0 Å². The van der Waals surface area contributed by atoms with E-state index in [-0.39, 0.29) is 12.5 Å². The van der Waals surface area contributed by atoms with Crippen molar-refractivity contribution in [3.63, 3.8) is 0 Å². The molecule has 0 bridgehead atoms. The van der Waals surface area contributed by atoms with Crippen LogP contribution >= 0.6 is 0 Å². The highest BCUT2D eigenvalue weighted by atomic mass is 16.3. The number of fused-ring (bicyclic) bond motifs is 1. The van der Waals surface area contributed by atoms with E-state index in [9.17, 15) is 4.79 Å². The summed E-state index contributed by atoms with van der Waals surface area (Å²) in [6.07, 6.45) is 3.37. The number of aliphatic hydroxyl groups is 1. The second kappa shape index (κ2) is 5.20. The number of aliphatic hydroxyl groups excluding tert-OH is 1. The fourth-order valence-electron chi connectivity index (χ4n) is 2.75.